The normalized spacial score (nSPS) is 10.2. The van der Waals surface area contributed by atoms with Crippen molar-refractivity contribution in [3.63, 3.8) is 0 Å². The molecular formula is C2H7NNaO3S. The zero-order valence-corrected chi connectivity index (χ0v) is 7.73. The van der Waals surface area contributed by atoms with Crippen LogP contribution in [-0.2, 0) is 14.5 Å². The molecule has 0 aromatic rings. The fraction of sp³-hybridized carbons (Fsp3) is 1.00. The van der Waals surface area contributed by atoms with E-state index in [2.05, 4.69) is 9.32 Å². The second kappa shape index (κ2) is 4.72. The van der Waals surface area contributed by atoms with Crippen molar-refractivity contribution < 1.29 is 12.6 Å². The molecule has 0 aliphatic rings. The minimum absolute atomic E-state index is 0. The molecule has 0 saturated heterocycles. The second-order valence-corrected chi connectivity index (χ2v) is 2.12. The average Bonchev–Trinajstić information content (AvgIpc) is 1.30. The summed E-state index contributed by atoms with van der Waals surface area (Å²) in [5, 5.41) is 4.40. The third-order valence-corrected chi connectivity index (χ3v) is 0.846. The van der Waals surface area contributed by atoms with Crippen molar-refractivity contribution in [1.29, 1.82) is 0 Å². The molecule has 45 valence electrons. The summed E-state index contributed by atoms with van der Waals surface area (Å²) in [4.78, 5) is 0. The third kappa shape index (κ3) is 9.98. The van der Waals surface area contributed by atoms with E-state index in [0.717, 1.165) is 0 Å². The van der Waals surface area contributed by atoms with Crippen LogP contribution in [0, 0.1) is 0 Å². The van der Waals surface area contributed by atoms with E-state index in [1.807, 2.05) is 0 Å². The summed E-state index contributed by atoms with van der Waals surface area (Å²) in [6.07, 6.45) is 0. The summed E-state index contributed by atoms with van der Waals surface area (Å²) < 4.78 is 23.6. The molecule has 4 nitrogen and oxygen atoms in total. The van der Waals surface area contributed by atoms with Crippen LogP contribution in [0.1, 0.15) is 6.92 Å². The van der Waals surface area contributed by atoms with Gasteiger partial charge in [0.05, 0.1) is 6.61 Å². The Labute approximate surface area is 70.9 Å². The van der Waals surface area contributed by atoms with Crippen molar-refractivity contribution in [3.8, 4) is 0 Å². The van der Waals surface area contributed by atoms with E-state index >= 15 is 0 Å². The second-order valence-electron chi connectivity index (χ2n) is 0.899. The molecule has 0 rings (SSSR count). The van der Waals surface area contributed by atoms with Crippen molar-refractivity contribution >= 4 is 39.9 Å². The molecule has 0 spiro atoms. The molecule has 0 bridgehead atoms. The van der Waals surface area contributed by atoms with Gasteiger partial charge in [0.2, 0.25) is 0 Å². The van der Waals surface area contributed by atoms with E-state index in [1.54, 1.807) is 6.92 Å². The number of hydrogen-bond acceptors (Lipinski definition) is 3. The first kappa shape index (κ1) is 11.6. The van der Waals surface area contributed by atoms with Crippen LogP contribution in [-0.4, -0.2) is 44.6 Å². The van der Waals surface area contributed by atoms with Crippen molar-refractivity contribution in [3.05, 3.63) is 0 Å². The quantitative estimate of drug-likeness (QED) is 0.502. The molecule has 0 fully saturated rings. The van der Waals surface area contributed by atoms with Crippen LogP contribution < -0.4 is 5.14 Å². The van der Waals surface area contributed by atoms with Gasteiger partial charge in [0.15, 0.2) is 0 Å². The molecule has 1 radical (unpaired) electrons. The summed E-state index contributed by atoms with van der Waals surface area (Å²) in [5.41, 5.74) is 0. The molecule has 0 aliphatic heterocycles. The SMILES string of the molecule is CCOS(N)(=O)=O.[Na]. The van der Waals surface area contributed by atoms with E-state index in [9.17, 15) is 8.42 Å². The Balaban J connectivity index is 0. The Hall–Kier alpha value is 0.870. The van der Waals surface area contributed by atoms with Gasteiger partial charge < -0.3 is 0 Å². The van der Waals surface area contributed by atoms with Gasteiger partial charge >= 0.3 is 10.3 Å². The van der Waals surface area contributed by atoms with Crippen LogP contribution >= 0.6 is 0 Å². The maximum Gasteiger partial charge on any atom is 0.333 e. The molecule has 0 aromatic heterocycles. The van der Waals surface area contributed by atoms with Crippen molar-refractivity contribution in [1.82, 2.24) is 0 Å². The van der Waals surface area contributed by atoms with Gasteiger partial charge in [-0.05, 0) is 6.92 Å². The molecule has 0 aliphatic carbocycles. The minimum atomic E-state index is -3.67. The monoisotopic (exact) mass is 148 g/mol. The first-order valence-corrected chi connectivity index (χ1v) is 3.20. The number of rotatable bonds is 2. The molecule has 0 atom stereocenters. The van der Waals surface area contributed by atoms with Gasteiger partial charge in [-0.15, -0.1) is 0 Å². The molecule has 0 amide bonds. The van der Waals surface area contributed by atoms with E-state index in [-0.39, 0.29) is 36.2 Å². The predicted octanol–water partition coefficient (Wildman–Crippen LogP) is -1.15. The maximum absolute atomic E-state index is 9.79. The molecule has 0 unspecified atom stereocenters. The minimum Gasteiger partial charge on any atom is -0.259 e. The topological polar surface area (TPSA) is 69.4 Å². The summed E-state index contributed by atoms with van der Waals surface area (Å²) in [5.74, 6) is 0. The molecule has 6 heteroatoms. The van der Waals surface area contributed by atoms with Gasteiger partial charge in [0.25, 0.3) is 0 Å². The van der Waals surface area contributed by atoms with Crippen LogP contribution in [0.5, 0.6) is 0 Å². The molecule has 0 saturated carbocycles. The van der Waals surface area contributed by atoms with Gasteiger partial charge in [-0.25, -0.2) is 5.14 Å². The zero-order valence-electron chi connectivity index (χ0n) is 4.92. The largest absolute Gasteiger partial charge is 0.333 e. The molecule has 0 aromatic carbocycles. The van der Waals surface area contributed by atoms with E-state index < -0.39 is 10.3 Å². The van der Waals surface area contributed by atoms with Gasteiger partial charge in [0.1, 0.15) is 0 Å². The molecular weight excluding hydrogens is 141 g/mol. The van der Waals surface area contributed by atoms with Crippen molar-refractivity contribution in [2.24, 2.45) is 5.14 Å². The van der Waals surface area contributed by atoms with Crippen LogP contribution in [0.4, 0.5) is 0 Å². The Kier molecular flexibility index (Phi) is 6.87. The maximum atomic E-state index is 9.79. The smallest absolute Gasteiger partial charge is 0.259 e. The van der Waals surface area contributed by atoms with Crippen molar-refractivity contribution in [2.45, 2.75) is 6.92 Å². The first-order valence-electron chi connectivity index (χ1n) is 1.73. The Morgan fingerprint density at radius 2 is 2.00 bits per heavy atom. The molecule has 0 heterocycles. The third-order valence-electron chi connectivity index (χ3n) is 0.282. The summed E-state index contributed by atoms with van der Waals surface area (Å²) in [7, 11) is -3.67. The van der Waals surface area contributed by atoms with Crippen LogP contribution in [0.3, 0.4) is 0 Å². The van der Waals surface area contributed by atoms with E-state index in [1.165, 1.54) is 0 Å². The van der Waals surface area contributed by atoms with Gasteiger partial charge in [-0.3, -0.25) is 4.18 Å². The van der Waals surface area contributed by atoms with E-state index in [4.69, 9.17) is 0 Å². The Morgan fingerprint density at radius 3 is 2.00 bits per heavy atom. The van der Waals surface area contributed by atoms with Crippen LogP contribution in [0.25, 0.3) is 0 Å². The van der Waals surface area contributed by atoms with Gasteiger partial charge in [-0.1, -0.05) is 0 Å². The van der Waals surface area contributed by atoms with E-state index in [0.29, 0.717) is 0 Å². The number of hydrogen-bond donors (Lipinski definition) is 1. The summed E-state index contributed by atoms with van der Waals surface area (Å²) in [6.45, 7) is 1.64. The Morgan fingerprint density at radius 1 is 1.62 bits per heavy atom. The van der Waals surface area contributed by atoms with Gasteiger partial charge in [0, 0.05) is 29.6 Å². The standard InChI is InChI=1S/C2H7NO3S.Na/c1-2-6-7(3,4)5;/h2H2,1H3,(H2,3,4,5);. The van der Waals surface area contributed by atoms with Crippen molar-refractivity contribution in [2.75, 3.05) is 6.61 Å². The fourth-order valence-electron chi connectivity index (χ4n) is 0.164. The predicted molar refractivity (Wildman–Crippen MR) is 30.5 cm³/mol. The fourth-order valence-corrected chi connectivity index (χ4v) is 0.493. The average molecular weight is 148 g/mol. The van der Waals surface area contributed by atoms with Crippen LogP contribution in [0.15, 0.2) is 0 Å². The summed E-state index contributed by atoms with van der Waals surface area (Å²) >= 11 is 0. The zero-order chi connectivity index (χ0) is 5.91. The first-order chi connectivity index (χ1) is 3.06. The number of nitrogens with two attached hydrogens (primary N) is 1. The van der Waals surface area contributed by atoms with Gasteiger partial charge in [-0.2, -0.15) is 8.42 Å². The Bertz CT molecular complexity index is 130. The summed E-state index contributed by atoms with van der Waals surface area (Å²) in [6, 6.07) is 0. The van der Waals surface area contributed by atoms with Crippen LogP contribution in [0.2, 0.25) is 0 Å². The molecule has 8 heavy (non-hydrogen) atoms. The molecule has 2 N–H and O–H groups in total.